The molecule has 1 aromatic heterocycles. The first-order chi connectivity index (χ1) is 11.2. The third kappa shape index (κ3) is 4.23. The van der Waals surface area contributed by atoms with Crippen LogP contribution >= 0.6 is 0 Å². The quantitative estimate of drug-likeness (QED) is 0.760. The minimum absolute atomic E-state index is 0.271. The molecule has 1 aliphatic rings. The number of benzene rings is 1. The summed E-state index contributed by atoms with van der Waals surface area (Å²) in [6.45, 7) is 2.14. The molecule has 0 spiro atoms. The zero-order valence-corrected chi connectivity index (χ0v) is 13.4. The molecule has 122 valence electrons. The molecule has 0 saturated heterocycles. The summed E-state index contributed by atoms with van der Waals surface area (Å²) in [4.78, 5) is 10.8. The SMILES string of the molecule is CN(C)CCCNc1nccc(Nc2ccc3c(c2)OCO3)n1. The fraction of sp³-hybridized carbons (Fsp3) is 0.375. The zero-order valence-electron chi connectivity index (χ0n) is 13.4. The molecule has 7 heteroatoms. The van der Waals surface area contributed by atoms with Gasteiger partial charge in [-0.15, -0.1) is 0 Å². The molecule has 0 atom stereocenters. The molecular formula is C16H21N5O2. The largest absolute Gasteiger partial charge is 0.454 e. The van der Waals surface area contributed by atoms with Gasteiger partial charge in [0.1, 0.15) is 5.82 Å². The van der Waals surface area contributed by atoms with E-state index < -0.39 is 0 Å². The monoisotopic (exact) mass is 315 g/mol. The average molecular weight is 315 g/mol. The molecule has 23 heavy (non-hydrogen) atoms. The zero-order chi connectivity index (χ0) is 16.1. The fourth-order valence-electron chi connectivity index (χ4n) is 2.23. The number of rotatable bonds is 7. The first-order valence-corrected chi connectivity index (χ1v) is 7.59. The summed E-state index contributed by atoms with van der Waals surface area (Å²) in [7, 11) is 4.12. The summed E-state index contributed by atoms with van der Waals surface area (Å²) in [6.07, 6.45) is 2.77. The van der Waals surface area contributed by atoms with E-state index in [4.69, 9.17) is 9.47 Å². The smallest absolute Gasteiger partial charge is 0.231 e. The first-order valence-electron chi connectivity index (χ1n) is 7.59. The van der Waals surface area contributed by atoms with Crippen molar-refractivity contribution in [1.82, 2.24) is 14.9 Å². The molecule has 0 saturated carbocycles. The number of anilines is 3. The second-order valence-corrected chi connectivity index (χ2v) is 5.54. The van der Waals surface area contributed by atoms with Crippen molar-refractivity contribution in [2.75, 3.05) is 44.6 Å². The topological polar surface area (TPSA) is 71.5 Å². The lowest BCUT2D eigenvalue weighted by Crippen LogP contribution is -2.17. The van der Waals surface area contributed by atoms with Crippen molar-refractivity contribution in [2.24, 2.45) is 0 Å². The molecular weight excluding hydrogens is 294 g/mol. The van der Waals surface area contributed by atoms with Crippen molar-refractivity contribution in [3.8, 4) is 11.5 Å². The highest BCUT2D eigenvalue weighted by Crippen LogP contribution is 2.34. The number of hydrogen-bond donors (Lipinski definition) is 2. The van der Waals surface area contributed by atoms with E-state index in [0.29, 0.717) is 5.95 Å². The van der Waals surface area contributed by atoms with E-state index in [0.717, 1.165) is 42.5 Å². The Morgan fingerprint density at radius 2 is 2.04 bits per heavy atom. The van der Waals surface area contributed by atoms with Gasteiger partial charge in [0.15, 0.2) is 11.5 Å². The predicted octanol–water partition coefficient (Wildman–Crippen LogP) is 2.31. The summed E-state index contributed by atoms with van der Waals surface area (Å²) in [5.41, 5.74) is 0.895. The van der Waals surface area contributed by atoms with Gasteiger partial charge >= 0.3 is 0 Å². The standard InChI is InChI=1S/C16H21N5O2/c1-21(2)9-3-7-17-16-18-8-6-15(20-16)19-12-4-5-13-14(10-12)23-11-22-13/h4-6,8,10H,3,7,9,11H2,1-2H3,(H2,17,18,19,20). The van der Waals surface area contributed by atoms with Crippen LogP contribution in [0, 0.1) is 0 Å². The first kappa shape index (κ1) is 15.4. The van der Waals surface area contributed by atoms with E-state index in [9.17, 15) is 0 Å². The number of aromatic nitrogens is 2. The van der Waals surface area contributed by atoms with E-state index >= 15 is 0 Å². The summed E-state index contributed by atoms with van der Waals surface area (Å²) in [6, 6.07) is 7.54. The molecule has 0 fully saturated rings. The van der Waals surface area contributed by atoms with Crippen LogP contribution in [0.2, 0.25) is 0 Å². The Hall–Kier alpha value is -2.54. The van der Waals surface area contributed by atoms with E-state index in [2.05, 4.69) is 39.6 Å². The molecule has 0 unspecified atom stereocenters. The lowest BCUT2D eigenvalue weighted by atomic mass is 10.3. The van der Waals surface area contributed by atoms with Gasteiger partial charge in [-0.25, -0.2) is 4.98 Å². The highest BCUT2D eigenvalue weighted by Gasteiger charge is 2.13. The Balaban J connectivity index is 1.59. The Kier molecular flexibility index (Phi) is 4.77. The number of nitrogens with zero attached hydrogens (tertiary/aromatic N) is 3. The van der Waals surface area contributed by atoms with E-state index in [1.807, 2.05) is 24.3 Å². The van der Waals surface area contributed by atoms with Gasteiger partial charge in [0, 0.05) is 24.5 Å². The third-order valence-electron chi connectivity index (χ3n) is 3.37. The van der Waals surface area contributed by atoms with Crippen molar-refractivity contribution in [1.29, 1.82) is 0 Å². The third-order valence-corrected chi connectivity index (χ3v) is 3.37. The lowest BCUT2D eigenvalue weighted by molar-refractivity contribution is 0.174. The normalized spacial score (nSPS) is 12.5. The Bertz CT molecular complexity index is 663. The molecule has 2 aromatic rings. The molecule has 2 heterocycles. The van der Waals surface area contributed by atoms with Crippen LogP contribution < -0.4 is 20.1 Å². The Labute approximate surface area is 135 Å². The van der Waals surface area contributed by atoms with Crippen LogP contribution in [0.4, 0.5) is 17.5 Å². The molecule has 1 aromatic carbocycles. The summed E-state index contributed by atoms with van der Waals surface area (Å²) >= 11 is 0. The van der Waals surface area contributed by atoms with Gasteiger partial charge in [0.2, 0.25) is 12.7 Å². The van der Waals surface area contributed by atoms with Crippen LogP contribution in [0.15, 0.2) is 30.5 Å². The molecule has 1 aliphatic heterocycles. The van der Waals surface area contributed by atoms with Crippen molar-refractivity contribution in [3.05, 3.63) is 30.5 Å². The van der Waals surface area contributed by atoms with Gasteiger partial charge in [-0.1, -0.05) is 0 Å². The van der Waals surface area contributed by atoms with Crippen molar-refractivity contribution in [3.63, 3.8) is 0 Å². The maximum Gasteiger partial charge on any atom is 0.231 e. The van der Waals surface area contributed by atoms with Crippen LogP contribution in [-0.4, -0.2) is 48.8 Å². The van der Waals surface area contributed by atoms with Gasteiger partial charge in [0.25, 0.3) is 0 Å². The van der Waals surface area contributed by atoms with Crippen molar-refractivity contribution < 1.29 is 9.47 Å². The fourth-order valence-corrected chi connectivity index (χ4v) is 2.23. The van der Waals surface area contributed by atoms with Crippen molar-refractivity contribution >= 4 is 17.5 Å². The maximum absolute atomic E-state index is 5.37. The number of nitrogens with one attached hydrogen (secondary N) is 2. The van der Waals surface area contributed by atoms with Gasteiger partial charge in [-0.3, -0.25) is 0 Å². The molecule has 7 nitrogen and oxygen atoms in total. The van der Waals surface area contributed by atoms with Crippen LogP contribution in [0.3, 0.4) is 0 Å². The highest BCUT2D eigenvalue weighted by molar-refractivity contribution is 5.62. The van der Waals surface area contributed by atoms with Crippen molar-refractivity contribution in [2.45, 2.75) is 6.42 Å². The average Bonchev–Trinajstić information content (AvgIpc) is 2.99. The number of hydrogen-bond acceptors (Lipinski definition) is 7. The van der Waals surface area contributed by atoms with Gasteiger partial charge < -0.3 is 25.0 Å². The van der Waals surface area contributed by atoms with E-state index in [1.54, 1.807) is 6.20 Å². The molecule has 3 rings (SSSR count). The number of ether oxygens (including phenoxy) is 2. The minimum Gasteiger partial charge on any atom is -0.454 e. The van der Waals surface area contributed by atoms with Crippen LogP contribution in [0.1, 0.15) is 6.42 Å². The molecule has 0 radical (unpaired) electrons. The molecule has 2 N–H and O–H groups in total. The van der Waals surface area contributed by atoms with Gasteiger partial charge in [0.05, 0.1) is 0 Å². The van der Waals surface area contributed by atoms with Gasteiger partial charge in [-0.2, -0.15) is 4.98 Å². The maximum atomic E-state index is 5.37. The highest BCUT2D eigenvalue weighted by atomic mass is 16.7. The summed E-state index contributed by atoms with van der Waals surface area (Å²) in [5, 5.41) is 6.48. The second kappa shape index (κ2) is 7.15. The molecule has 0 amide bonds. The Morgan fingerprint density at radius 1 is 1.17 bits per heavy atom. The minimum atomic E-state index is 0.271. The van der Waals surface area contributed by atoms with Crippen LogP contribution in [-0.2, 0) is 0 Å². The van der Waals surface area contributed by atoms with Crippen LogP contribution in [0.25, 0.3) is 0 Å². The number of fused-ring (bicyclic) bond motifs is 1. The van der Waals surface area contributed by atoms with E-state index in [1.165, 1.54) is 0 Å². The lowest BCUT2D eigenvalue weighted by Gasteiger charge is -2.11. The van der Waals surface area contributed by atoms with E-state index in [-0.39, 0.29) is 6.79 Å². The van der Waals surface area contributed by atoms with Gasteiger partial charge in [-0.05, 0) is 45.3 Å². The second-order valence-electron chi connectivity index (χ2n) is 5.54. The predicted molar refractivity (Wildman–Crippen MR) is 89.5 cm³/mol. The Morgan fingerprint density at radius 3 is 2.91 bits per heavy atom. The summed E-state index contributed by atoms with van der Waals surface area (Å²) < 4.78 is 10.7. The molecule has 0 bridgehead atoms. The summed E-state index contributed by atoms with van der Waals surface area (Å²) in [5.74, 6) is 2.86. The van der Waals surface area contributed by atoms with Crippen LogP contribution in [0.5, 0.6) is 11.5 Å². The molecule has 0 aliphatic carbocycles.